The van der Waals surface area contributed by atoms with Crippen molar-refractivity contribution in [1.29, 1.82) is 0 Å². The first-order valence-electron chi connectivity index (χ1n) is 13.9. The lowest BCUT2D eigenvalue weighted by atomic mass is 9.72. The number of carbonyl (C=O) groups is 2. The Kier molecular flexibility index (Phi) is 9.73. The number of carbonyl (C=O) groups excluding carboxylic acids is 1. The number of likely N-dealkylation sites (tertiary alicyclic amines) is 1. The van der Waals surface area contributed by atoms with E-state index in [1.807, 2.05) is 19.2 Å². The van der Waals surface area contributed by atoms with E-state index in [0.717, 1.165) is 11.1 Å². The summed E-state index contributed by atoms with van der Waals surface area (Å²) in [5.74, 6) is -1.94. The summed E-state index contributed by atoms with van der Waals surface area (Å²) in [6, 6.07) is 16.1. The zero-order chi connectivity index (χ0) is 29.6. The molecular formula is C32H37F2N3O4. The molecule has 0 aromatic heterocycles. The van der Waals surface area contributed by atoms with Gasteiger partial charge in [0.05, 0.1) is 5.60 Å². The van der Waals surface area contributed by atoms with Gasteiger partial charge in [0.1, 0.15) is 11.6 Å². The van der Waals surface area contributed by atoms with E-state index in [2.05, 4.69) is 10.6 Å². The van der Waals surface area contributed by atoms with Gasteiger partial charge in [-0.1, -0.05) is 35.9 Å². The fraction of sp³-hybridized carbons (Fsp3) is 0.375. The van der Waals surface area contributed by atoms with Crippen molar-refractivity contribution in [1.82, 2.24) is 15.5 Å². The highest BCUT2D eigenvalue weighted by Crippen LogP contribution is 2.45. The molecule has 0 saturated carbocycles. The molecular weight excluding hydrogens is 528 g/mol. The fourth-order valence-corrected chi connectivity index (χ4v) is 5.80. The number of halogens is 2. The summed E-state index contributed by atoms with van der Waals surface area (Å²) in [4.78, 5) is 26.2. The molecule has 0 spiro atoms. The average Bonchev–Trinajstić information content (AvgIpc) is 2.96. The molecule has 9 heteroatoms. The highest BCUT2D eigenvalue weighted by atomic mass is 19.1. The molecule has 0 radical (unpaired) electrons. The third-order valence-electron chi connectivity index (χ3n) is 7.85. The highest BCUT2D eigenvalue weighted by molar-refractivity contribution is 5.94. The number of hydrogen-bond donors (Lipinski definition) is 4. The van der Waals surface area contributed by atoms with Crippen molar-refractivity contribution in [3.8, 4) is 11.1 Å². The van der Waals surface area contributed by atoms with E-state index in [9.17, 15) is 14.7 Å². The third-order valence-corrected chi connectivity index (χ3v) is 7.85. The number of carboxylic acid groups (broad SMARTS) is 1. The number of aryl methyl sites for hydroxylation is 1. The lowest BCUT2D eigenvalue weighted by molar-refractivity contribution is -0.0564. The molecule has 3 aromatic carbocycles. The minimum atomic E-state index is -1.66. The van der Waals surface area contributed by atoms with E-state index in [4.69, 9.17) is 5.11 Å². The number of amides is 2. The van der Waals surface area contributed by atoms with Crippen LogP contribution in [0.1, 0.15) is 52.7 Å². The van der Waals surface area contributed by atoms with Crippen LogP contribution >= 0.6 is 0 Å². The number of benzene rings is 3. The molecule has 1 aliphatic rings. The lowest BCUT2D eigenvalue weighted by Crippen LogP contribution is -2.48. The quantitative estimate of drug-likeness (QED) is 0.245. The molecule has 1 unspecified atom stereocenters. The first kappa shape index (κ1) is 30.1. The Morgan fingerprint density at radius 1 is 1.07 bits per heavy atom. The Hall–Kier alpha value is -3.82. The van der Waals surface area contributed by atoms with Gasteiger partial charge in [-0.25, -0.2) is 13.6 Å². The van der Waals surface area contributed by atoms with E-state index >= 15 is 8.78 Å². The second kappa shape index (κ2) is 13.2. The number of rotatable bonds is 10. The summed E-state index contributed by atoms with van der Waals surface area (Å²) in [6.45, 7) is 3.26. The largest absolute Gasteiger partial charge is 0.465 e. The predicted molar refractivity (Wildman–Crippen MR) is 154 cm³/mol. The maximum atomic E-state index is 15.5. The molecule has 1 heterocycles. The molecule has 0 aliphatic carbocycles. The Bertz CT molecular complexity index is 1380. The number of nitrogens with zero attached hydrogens (tertiary/aromatic N) is 1. The van der Waals surface area contributed by atoms with Gasteiger partial charge in [-0.05, 0) is 81.1 Å². The van der Waals surface area contributed by atoms with Gasteiger partial charge in [-0.15, -0.1) is 0 Å². The number of hydrogen-bond acceptors (Lipinski definition) is 4. The number of aliphatic hydroxyl groups is 1. The minimum absolute atomic E-state index is 0.0223. The average molecular weight is 566 g/mol. The second-order valence-corrected chi connectivity index (χ2v) is 10.7. The summed E-state index contributed by atoms with van der Waals surface area (Å²) in [6.07, 6.45) is 0.333. The summed E-state index contributed by atoms with van der Waals surface area (Å²) in [7, 11) is 1.85. The molecule has 2 atom stereocenters. The smallest absolute Gasteiger partial charge is 0.404 e. The normalized spacial score (nSPS) is 16.7. The van der Waals surface area contributed by atoms with Crippen molar-refractivity contribution >= 4 is 12.0 Å². The van der Waals surface area contributed by atoms with Gasteiger partial charge in [0.25, 0.3) is 5.91 Å². The first-order chi connectivity index (χ1) is 19.6. The molecule has 3 aromatic rings. The van der Waals surface area contributed by atoms with Crippen LogP contribution in [0.4, 0.5) is 13.6 Å². The zero-order valence-corrected chi connectivity index (χ0v) is 23.4. The Labute approximate surface area is 239 Å². The van der Waals surface area contributed by atoms with Gasteiger partial charge in [-0.3, -0.25) is 4.79 Å². The predicted octanol–water partition coefficient (Wildman–Crippen LogP) is 5.45. The van der Waals surface area contributed by atoms with Crippen molar-refractivity contribution in [3.05, 3.63) is 94.6 Å². The van der Waals surface area contributed by atoms with Crippen molar-refractivity contribution < 1.29 is 28.6 Å². The third kappa shape index (κ3) is 6.92. The van der Waals surface area contributed by atoms with Crippen LogP contribution in [0.15, 0.2) is 60.7 Å². The summed E-state index contributed by atoms with van der Waals surface area (Å²) >= 11 is 0. The van der Waals surface area contributed by atoms with Crippen LogP contribution in [0, 0.1) is 24.5 Å². The van der Waals surface area contributed by atoms with Gasteiger partial charge in [0.2, 0.25) is 0 Å². The number of piperidine rings is 1. The molecule has 4 N–H and O–H groups in total. The molecule has 1 fully saturated rings. The van der Waals surface area contributed by atoms with Crippen molar-refractivity contribution in [2.75, 3.05) is 26.7 Å². The molecule has 218 valence electrons. The standard InChI is InChI=1S/C32H37F2N3O4/c1-21-9-14-27(33)25(18-21)29-26(7-3-8-28(29)34)32(41,15-5-16-36-31(39)40)24-6-4-17-37(20-24)30(38)23-12-10-22(11-13-23)19-35-2/h3,7-14,18,24,35-36,41H,4-6,15-17,19-20H2,1-2H3,(H,39,40)/t24-,32?/m1/s1. The van der Waals surface area contributed by atoms with Crippen molar-refractivity contribution in [3.63, 3.8) is 0 Å². The first-order valence-corrected chi connectivity index (χ1v) is 13.9. The monoisotopic (exact) mass is 565 g/mol. The Morgan fingerprint density at radius 3 is 2.54 bits per heavy atom. The molecule has 7 nitrogen and oxygen atoms in total. The van der Waals surface area contributed by atoms with E-state index < -0.39 is 29.2 Å². The van der Waals surface area contributed by atoms with Crippen molar-refractivity contribution in [2.45, 2.75) is 44.8 Å². The highest BCUT2D eigenvalue weighted by Gasteiger charge is 2.43. The molecule has 1 aliphatic heterocycles. The molecule has 0 bridgehead atoms. The SMILES string of the molecule is CNCc1ccc(C(=O)N2CCC[C@@H](C(O)(CCCNC(=O)O)c3cccc(F)c3-c3cc(C)ccc3F)C2)cc1. The number of nitrogens with one attached hydrogen (secondary N) is 2. The topological polar surface area (TPSA) is 102 Å². The van der Waals surface area contributed by atoms with Crippen LogP contribution in [-0.2, 0) is 12.1 Å². The van der Waals surface area contributed by atoms with E-state index in [-0.39, 0.29) is 48.5 Å². The molecule has 1 saturated heterocycles. The maximum Gasteiger partial charge on any atom is 0.404 e. The Balaban J connectivity index is 1.71. The van der Waals surface area contributed by atoms with Crippen LogP contribution in [0.25, 0.3) is 11.1 Å². The van der Waals surface area contributed by atoms with Crippen LogP contribution in [0.2, 0.25) is 0 Å². The van der Waals surface area contributed by atoms with Crippen LogP contribution < -0.4 is 10.6 Å². The lowest BCUT2D eigenvalue weighted by Gasteiger charge is -2.43. The zero-order valence-electron chi connectivity index (χ0n) is 23.4. The molecule has 4 rings (SSSR count). The molecule has 2 amide bonds. The van der Waals surface area contributed by atoms with Gasteiger partial charge >= 0.3 is 6.09 Å². The Morgan fingerprint density at radius 2 is 1.83 bits per heavy atom. The van der Waals surface area contributed by atoms with Crippen LogP contribution in [0.5, 0.6) is 0 Å². The minimum Gasteiger partial charge on any atom is -0.465 e. The summed E-state index contributed by atoms with van der Waals surface area (Å²) < 4.78 is 30.6. The van der Waals surface area contributed by atoms with Gasteiger partial charge in [0.15, 0.2) is 0 Å². The van der Waals surface area contributed by atoms with Gasteiger partial charge in [-0.2, -0.15) is 0 Å². The molecule has 41 heavy (non-hydrogen) atoms. The van der Waals surface area contributed by atoms with E-state index in [1.54, 1.807) is 42.2 Å². The van der Waals surface area contributed by atoms with E-state index in [0.29, 0.717) is 31.5 Å². The van der Waals surface area contributed by atoms with Gasteiger partial charge in [0, 0.05) is 48.8 Å². The van der Waals surface area contributed by atoms with Gasteiger partial charge < -0.3 is 25.7 Å². The summed E-state index contributed by atoms with van der Waals surface area (Å²) in [5.41, 5.74) is 0.910. The maximum absolute atomic E-state index is 15.5. The van der Waals surface area contributed by atoms with Crippen molar-refractivity contribution in [2.24, 2.45) is 5.92 Å². The second-order valence-electron chi connectivity index (χ2n) is 10.7. The van der Waals surface area contributed by atoms with Crippen LogP contribution in [0.3, 0.4) is 0 Å². The summed E-state index contributed by atoms with van der Waals surface area (Å²) in [5, 5.41) is 26.9. The van der Waals surface area contributed by atoms with Crippen LogP contribution in [-0.4, -0.2) is 53.8 Å². The van der Waals surface area contributed by atoms with E-state index in [1.165, 1.54) is 18.2 Å². The fourth-order valence-electron chi connectivity index (χ4n) is 5.80.